The van der Waals surface area contributed by atoms with Gasteiger partial charge in [0.2, 0.25) is 6.79 Å². The molecule has 0 bridgehead atoms. The minimum absolute atomic E-state index is 0.352. The zero-order valence-electron chi connectivity index (χ0n) is 5.54. The SMILES string of the molecule is ISc1ccc2c(c1)OCO2. The van der Waals surface area contributed by atoms with Crippen molar-refractivity contribution in [1.29, 1.82) is 0 Å². The van der Waals surface area contributed by atoms with Gasteiger partial charge in [0.1, 0.15) is 0 Å². The van der Waals surface area contributed by atoms with Crippen LogP contribution in [0.2, 0.25) is 0 Å². The van der Waals surface area contributed by atoms with Crippen molar-refractivity contribution in [3.63, 3.8) is 0 Å². The topological polar surface area (TPSA) is 18.5 Å². The van der Waals surface area contributed by atoms with Crippen LogP contribution in [0, 0.1) is 0 Å². The van der Waals surface area contributed by atoms with Crippen LogP contribution in [0.25, 0.3) is 0 Å². The van der Waals surface area contributed by atoms with E-state index < -0.39 is 0 Å². The second-order valence-corrected chi connectivity index (χ2v) is 4.04. The van der Waals surface area contributed by atoms with E-state index in [9.17, 15) is 0 Å². The number of benzene rings is 1. The van der Waals surface area contributed by atoms with Crippen molar-refractivity contribution in [2.45, 2.75) is 4.90 Å². The predicted octanol–water partition coefficient (Wildman–Crippen LogP) is 2.86. The molecule has 0 fully saturated rings. The molecule has 0 saturated heterocycles. The van der Waals surface area contributed by atoms with Crippen LogP contribution in [-0.4, -0.2) is 6.79 Å². The fraction of sp³-hybridized carbons (Fsp3) is 0.143. The van der Waals surface area contributed by atoms with Crippen LogP contribution >= 0.6 is 30.1 Å². The van der Waals surface area contributed by atoms with Crippen LogP contribution in [0.15, 0.2) is 23.1 Å². The second-order valence-electron chi connectivity index (χ2n) is 2.09. The Morgan fingerprint density at radius 3 is 2.91 bits per heavy atom. The van der Waals surface area contributed by atoms with Gasteiger partial charge in [-0.25, -0.2) is 0 Å². The molecule has 4 heteroatoms. The maximum Gasteiger partial charge on any atom is 0.231 e. The highest BCUT2D eigenvalue weighted by atomic mass is 127. The van der Waals surface area contributed by atoms with E-state index in [0.717, 1.165) is 11.5 Å². The summed E-state index contributed by atoms with van der Waals surface area (Å²) in [6.07, 6.45) is 0. The fourth-order valence-electron chi connectivity index (χ4n) is 0.925. The van der Waals surface area contributed by atoms with Crippen molar-refractivity contribution in [3.05, 3.63) is 18.2 Å². The maximum absolute atomic E-state index is 5.20. The average molecular weight is 280 g/mol. The van der Waals surface area contributed by atoms with Gasteiger partial charge in [0.05, 0.1) is 0 Å². The van der Waals surface area contributed by atoms with E-state index >= 15 is 0 Å². The highest BCUT2D eigenvalue weighted by Crippen LogP contribution is 2.37. The molecule has 1 aliphatic rings. The quantitative estimate of drug-likeness (QED) is 0.737. The summed E-state index contributed by atoms with van der Waals surface area (Å²) in [7, 11) is 1.67. The van der Waals surface area contributed by atoms with Crippen LogP contribution in [0.4, 0.5) is 0 Å². The Hall–Kier alpha value is -0.100. The zero-order valence-corrected chi connectivity index (χ0v) is 8.52. The molecular formula is C7H5IO2S. The predicted molar refractivity (Wildman–Crippen MR) is 52.4 cm³/mol. The summed E-state index contributed by atoms with van der Waals surface area (Å²) >= 11 is 2.24. The smallest absolute Gasteiger partial charge is 0.231 e. The Morgan fingerprint density at radius 1 is 1.27 bits per heavy atom. The molecule has 11 heavy (non-hydrogen) atoms. The molecule has 0 aliphatic carbocycles. The summed E-state index contributed by atoms with van der Waals surface area (Å²) in [5.74, 6) is 1.70. The minimum Gasteiger partial charge on any atom is -0.454 e. The van der Waals surface area contributed by atoms with Gasteiger partial charge in [0.25, 0.3) is 0 Å². The molecule has 0 amide bonds. The normalized spacial score (nSPS) is 13.5. The summed E-state index contributed by atoms with van der Waals surface area (Å²) in [5.41, 5.74) is 0. The third-order valence-electron chi connectivity index (χ3n) is 1.43. The highest BCUT2D eigenvalue weighted by Gasteiger charge is 2.12. The number of hydrogen-bond acceptors (Lipinski definition) is 3. The van der Waals surface area contributed by atoms with E-state index in [1.165, 1.54) is 4.90 Å². The Morgan fingerprint density at radius 2 is 2.09 bits per heavy atom. The Kier molecular flexibility index (Phi) is 2.13. The molecule has 0 spiro atoms. The van der Waals surface area contributed by atoms with Crippen LogP contribution < -0.4 is 9.47 Å². The number of halogens is 1. The second kappa shape index (κ2) is 3.10. The van der Waals surface area contributed by atoms with Crippen molar-refractivity contribution in [2.24, 2.45) is 0 Å². The van der Waals surface area contributed by atoms with Gasteiger partial charge in [0, 0.05) is 26.1 Å². The van der Waals surface area contributed by atoms with Crippen LogP contribution in [0.5, 0.6) is 11.5 Å². The molecule has 58 valence electrons. The van der Waals surface area contributed by atoms with Crippen molar-refractivity contribution in [2.75, 3.05) is 6.79 Å². The minimum atomic E-state index is 0.352. The summed E-state index contributed by atoms with van der Waals surface area (Å²) < 4.78 is 10.4. The Balaban J connectivity index is 2.41. The molecule has 2 rings (SSSR count). The van der Waals surface area contributed by atoms with Gasteiger partial charge in [-0.1, -0.05) is 8.93 Å². The van der Waals surface area contributed by atoms with Crippen molar-refractivity contribution in [3.8, 4) is 11.5 Å². The van der Waals surface area contributed by atoms with E-state index in [1.807, 2.05) is 18.2 Å². The van der Waals surface area contributed by atoms with Gasteiger partial charge >= 0.3 is 0 Å². The van der Waals surface area contributed by atoms with Crippen molar-refractivity contribution in [1.82, 2.24) is 0 Å². The third-order valence-corrected chi connectivity index (χ3v) is 3.39. The Bertz CT molecular complexity index is 277. The fourth-order valence-corrected chi connectivity index (χ4v) is 2.02. The van der Waals surface area contributed by atoms with Crippen molar-refractivity contribution >= 4 is 30.1 Å². The molecule has 2 nitrogen and oxygen atoms in total. The summed E-state index contributed by atoms with van der Waals surface area (Å²) in [5, 5.41) is 0. The summed E-state index contributed by atoms with van der Waals surface area (Å²) in [6, 6.07) is 5.94. The molecule has 1 aliphatic heterocycles. The van der Waals surface area contributed by atoms with Crippen molar-refractivity contribution < 1.29 is 9.47 Å². The lowest BCUT2D eigenvalue weighted by molar-refractivity contribution is 0.174. The number of fused-ring (bicyclic) bond motifs is 1. The lowest BCUT2D eigenvalue weighted by Crippen LogP contribution is -1.92. The van der Waals surface area contributed by atoms with E-state index in [4.69, 9.17) is 9.47 Å². The first-order valence-electron chi connectivity index (χ1n) is 3.08. The third kappa shape index (κ3) is 1.41. The lowest BCUT2D eigenvalue weighted by Gasteiger charge is -1.96. The molecule has 1 aromatic carbocycles. The van der Waals surface area contributed by atoms with Gasteiger partial charge in [-0.15, -0.1) is 0 Å². The van der Waals surface area contributed by atoms with E-state index in [1.54, 1.807) is 8.93 Å². The zero-order chi connectivity index (χ0) is 7.68. The monoisotopic (exact) mass is 280 g/mol. The Labute approximate surface area is 80.8 Å². The highest BCUT2D eigenvalue weighted by molar-refractivity contribution is 14.2. The molecule has 0 unspecified atom stereocenters. The first kappa shape index (κ1) is 7.54. The number of ether oxygens (including phenoxy) is 2. The van der Waals surface area contributed by atoms with Crippen LogP contribution in [0.3, 0.4) is 0 Å². The largest absolute Gasteiger partial charge is 0.454 e. The van der Waals surface area contributed by atoms with Gasteiger partial charge in [0.15, 0.2) is 11.5 Å². The molecule has 0 saturated carbocycles. The van der Waals surface area contributed by atoms with Crippen LogP contribution in [-0.2, 0) is 0 Å². The molecule has 0 atom stereocenters. The maximum atomic E-state index is 5.20. The van der Waals surface area contributed by atoms with Gasteiger partial charge in [-0.3, -0.25) is 0 Å². The van der Waals surface area contributed by atoms with Gasteiger partial charge < -0.3 is 9.47 Å². The molecule has 1 aromatic rings. The molecule has 0 radical (unpaired) electrons. The summed E-state index contributed by atoms with van der Waals surface area (Å²) in [6.45, 7) is 0.352. The van der Waals surface area contributed by atoms with Gasteiger partial charge in [-0.05, 0) is 18.2 Å². The molecule has 0 aromatic heterocycles. The molecule has 0 N–H and O–H groups in total. The van der Waals surface area contributed by atoms with Crippen LogP contribution in [0.1, 0.15) is 0 Å². The standard InChI is InChI=1S/C7H5IO2S/c8-11-5-1-2-6-7(3-5)10-4-9-6/h1-3H,4H2. The van der Waals surface area contributed by atoms with E-state index in [-0.39, 0.29) is 0 Å². The van der Waals surface area contributed by atoms with E-state index in [2.05, 4.69) is 21.2 Å². The van der Waals surface area contributed by atoms with Gasteiger partial charge in [-0.2, -0.15) is 0 Å². The summed E-state index contributed by atoms with van der Waals surface area (Å²) in [4.78, 5) is 1.19. The first-order chi connectivity index (χ1) is 5.40. The number of rotatable bonds is 1. The molecule has 1 heterocycles. The average Bonchev–Trinajstić information content (AvgIpc) is 2.50. The van der Waals surface area contributed by atoms with E-state index in [0.29, 0.717) is 6.79 Å². The first-order valence-corrected chi connectivity index (χ1v) is 6.44. The molecular weight excluding hydrogens is 275 g/mol. The lowest BCUT2D eigenvalue weighted by atomic mass is 10.3. The number of hydrogen-bond donors (Lipinski definition) is 0.